The van der Waals surface area contributed by atoms with Gasteiger partial charge in [-0.15, -0.1) is 0 Å². The summed E-state index contributed by atoms with van der Waals surface area (Å²) >= 11 is 0. The molecule has 0 unspecified atom stereocenters. The molecule has 1 aliphatic rings. The highest BCUT2D eigenvalue weighted by atomic mass is 32.2. The lowest BCUT2D eigenvalue weighted by molar-refractivity contribution is -0.135. The zero-order chi connectivity index (χ0) is 25.8. The lowest BCUT2D eigenvalue weighted by Crippen LogP contribution is -2.50. The number of carbonyl (C=O) groups excluding carboxylic acids is 1. The SMILES string of the molecule is COCC(=O)N(C)C[C@@H]1Oc2cc(-c3ccc(OC)cc3)ccc2S(=O)(=O)N([C@@H](C)CO)C[C@H]1C. The van der Waals surface area contributed by atoms with E-state index in [0.717, 1.165) is 11.1 Å². The second-order valence-electron chi connectivity index (χ2n) is 8.84. The van der Waals surface area contributed by atoms with Gasteiger partial charge in [0.15, 0.2) is 0 Å². The van der Waals surface area contributed by atoms with Crippen molar-refractivity contribution in [3.05, 3.63) is 42.5 Å². The first kappa shape index (κ1) is 26.9. The molecule has 0 saturated heterocycles. The summed E-state index contributed by atoms with van der Waals surface area (Å²) in [5, 5.41) is 9.78. The van der Waals surface area contributed by atoms with Crippen LogP contribution in [0.5, 0.6) is 11.5 Å². The lowest BCUT2D eigenvalue weighted by Gasteiger charge is -2.37. The van der Waals surface area contributed by atoms with E-state index in [1.54, 1.807) is 33.2 Å². The van der Waals surface area contributed by atoms with Crippen LogP contribution in [0.4, 0.5) is 0 Å². The van der Waals surface area contributed by atoms with E-state index in [0.29, 0.717) is 5.75 Å². The highest BCUT2D eigenvalue weighted by molar-refractivity contribution is 7.89. The van der Waals surface area contributed by atoms with E-state index < -0.39 is 22.2 Å². The van der Waals surface area contributed by atoms with Crippen molar-refractivity contribution in [2.75, 3.05) is 47.6 Å². The molecule has 0 fully saturated rings. The highest BCUT2D eigenvalue weighted by Gasteiger charge is 2.38. The molecule has 2 aromatic carbocycles. The van der Waals surface area contributed by atoms with Crippen LogP contribution in [0.25, 0.3) is 11.1 Å². The summed E-state index contributed by atoms with van der Waals surface area (Å²) in [5.74, 6) is 0.447. The van der Waals surface area contributed by atoms with Crippen molar-refractivity contribution in [3.8, 4) is 22.6 Å². The summed E-state index contributed by atoms with van der Waals surface area (Å²) in [6.07, 6.45) is -0.491. The predicted molar refractivity (Wildman–Crippen MR) is 132 cm³/mol. The molecule has 192 valence electrons. The van der Waals surface area contributed by atoms with Gasteiger partial charge in [-0.05, 0) is 42.3 Å². The Morgan fingerprint density at radius 3 is 2.46 bits per heavy atom. The summed E-state index contributed by atoms with van der Waals surface area (Å²) in [6, 6.07) is 11.8. The van der Waals surface area contributed by atoms with Crippen molar-refractivity contribution >= 4 is 15.9 Å². The van der Waals surface area contributed by atoms with Crippen molar-refractivity contribution < 1.29 is 32.5 Å². The number of fused-ring (bicyclic) bond motifs is 1. The zero-order valence-electron chi connectivity index (χ0n) is 20.8. The summed E-state index contributed by atoms with van der Waals surface area (Å²) < 4.78 is 45.1. The predicted octanol–water partition coefficient (Wildman–Crippen LogP) is 2.24. The van der Waals surface area contributed by atoms with Crippen LogP contribution in [0.2, 0.25) is 0 Å². The van der Waals surface area contributed by atoms with Gasteiger partial charge in [0.05, 0.1) is 20.3 Å². The Hall–Kier alpha value is -2.66. The van der Waals surface area contributed by atoms with Gasteiger partial charge >= 0.3 is 0 Å². The molecule has 0 spiro atoms. The molecule has 0 bridgehead atoms. The van der Waals surface area contributed by atoms with Crippen LogP contribution in [0.1, 0.15) is 13.8 Å². The fourth-order valence-corrected chi connectivity index (χ4v) is 5.84. The Morgan fingerprint density at radius 2 is 1.86 bits per heavy atom. The van der Waals surface area contributed by atoms with Gasteiger partial charge in [-0.2, -0.15) is 4.31 Å². The Labute approximate surface area is 207 Å². The monoisotopic (exact) mass is 506 g/mol. The van der Waals surface area contributed by atoms with Crippen molar-refractivity contribution in [3.63, 3.8) is 0 Å². The third-order valence-corrected chi connectivity index (χ3v) is 8.26. The first-order valence-corrected chi connectivity index (χ1v) is 12.9. The summed E-state index contributed by atoms with van der Waals surface area (Å²) in [7, 11) is 0.763. The molecule has 1 aliphatic heterocycles. The van der Waals surface area contributed by atoms with Gasteiger partial charge < -0.3 is 24.2 Å². The van der Waals surface area contributed by atoms with Crippen LogP contribution >= 0.6 is 0 Å². The van der Waals surface area contributed by atoms with Crippen molar-refractivity contribution in [2.24, 2.45) is 5.92 Å². The number of benzene rings is 2. The molecular weight excluding hydrogens is 472 g/mol. The van der Waals surface area contributed by atoms with Gasteiger partial charge in [-0.3, -0.25) is 4.79 Å². The number of nitrogens with zero attached hydrogens (tertiary/aromatic N) is 2. The number of hydrogen-bond donors (Lipinski definition) is 1. The molecule has 0 saturated carbocycles. The summed E-state index contributed by atoms with van der Waals surface area (Å²) in [5.41, 5.74) is 1.65. The third kappa shape index (κ3) is 5.95. The average molecular weight is 507 g/mol. The second kappa shape index (κ2) is 11.4. The number of rotatable bonds is 8. The quantitative estimate of drug-likeness (QED) is 0.585. The zero-order valence-corrected chi connectivity index (χ0v) is 21.6. The maximum absolute atomic E-state index is 13.6. The molecule has 1 amide bonds. The molecule has 1 heterocycles. The molecular formula is C25H34N2O7S. The maximum atomic E-state index is 13.6. The topological polar surface area (TPSA) is 106 Å². The number of methoxy groups -OCH3 is 2. The van der Waals surface area contributed by atoms with E-state index in [9.17, 15) is 18.3 Å². The molecule has 2 aromatic rings. The molecule has 35 heavy (non-hydrogen) atoms. The minimum absolute atomic E-state index is 0.0258. The fraction of sp³-hybridized carbons (Fsp3) is 0.480. The minimum atomic E-state index is -3.95. The number of ether oxygens (including phenoxy) is 3. The fourth-order valence-electron chi connectivity index (χ4n) is 4.01. The van der Waals surface area contributed by atoms with Crippen molar-refractivity contribution in [1.82, 2.24) is 9.21 Å². The molecule has 3 atom stereocenters. The van der Waals surface area contributed by atoms with Crippen LogP contribution in [-0.2, 0) is 19.6 Å². The first-order valence-electron chi connectivity index (χ1n) is 11.4. The number of sulfonamides is 1. The molecule has 10 heteroatoms. The molecule has 1 N–H and O–H groups in total. The van der Waals surface area contributed by atoms with E-state index in [2.05, 4.69) is 0 Å². The Balaban J connectivity index is 2.08. The first-order chi connectivity index (χ1) is 16.6. The van der Waals surface area contributed by atoms with E-state index in [1.165, 1.54) is 22.4 Å². The largest absolute Gasteiger partial charge is 0.497 e. The molecule has 3 rings (SSSR count). The van der Waals surface area contributed by atoms with E-state index in [1.807, 2.05) is 31.2 Å². The highest BCUT2D eigenvalue weighted by Crippen LogP contribution is 2.36. The van der Waals surface area contributed by atoms with Crippen LogP contribution < -0.4 is 9.47 Å². The van der Waals surface area contributed by atoms with E-state index >= 15 is 0 Å². The van der Waals surface area contributed by atoms with Gasteiger partial charge in [-0.25, -0.2) is 8.42 Å². The molecule has 0 aliphatic carbocycles. The number of amides is 1. The van der Waals surface area contributed by atoms with Crippen molar-refractivity contribution in [1.29, 1.82) is 0 Å². The minimum Gasteiger partial charge on any atom is -0.497 e. The van der Waals surface area contributed by atoms with Crippen molar-refractivity contribution in [2.45, 2.75) is 30.9 Å². The summed E-state index contributed by atoms with van der Waals surface area (Å²) in [4.78, 5) is 13.9. The van der Waals surface area contributed by atoms with Crippen LogP contribution in [-0.4, -0.2) is 88.4 Å². The lowest BCUT2D eigenvalue weighted by atomic mass is 10.0. The number of aliphatic hydroxyl groups is 1. The third-order valence-electron chi connectivity index (χ3n) is 6.24. The number of likely N-dealkylation sites (N-methyl/N-ethyl adjacent to an activating group) is 1. The standard InChI is InChI=1S/C25H34N2O7S/c1-17-13-27(18(2)15-28)35(30,31)24-11-8-20(19-6-9-21(33-5)10-7-19)12-22(24)34-23(17)14-26(3)25(29)16-32-4/h6-12,17-18,23,28H,13-16H2,1-5H3/t17-,18+,23+/m1/s1. The normalized spacial score (nSPS) is 20.6. The molecule has 9 nitrogen and oxygen atoms in total. The van der Waals surface area contributed by atoms with Crippen LogP contribution in [0.15, 0.2) is 47.4 Å². The smallest absolute Gasteiger partial charge is 0.248 e. The van der Waals surface area contributed by atoms with Gasteiger partial charge in [0.25, 0.3) is 0 Å². The number of aliphatic hydroxyl groups excluding tert-OH is 1. The maximum Gasteiger partial charge on any atom is 0.248 e. The Kier molecular flexibility index (Phi) is 8.76. The van der Waals surface area contributed by atoms with Gasteiger partial charge in [-0.1, -0.05) is 25.1 Å². The van der Waals surface area contributed by atoms with E-state index in [4.69, 9.17) is 14.2 Å². The Morgan fingerprint density at radius 1 is 1.20 bits per heavy atom. The van der Waals surface area contributed by atoms with Crippen LogP contribution in [0, 0.1) is 5.92 Å². The second-order valence-corrected chi connectivity index (χ2v) is 10.7. The molecule has 0 aromatic heterocycles. The number of carbonyl (C=O) groups is 1. The van der Waals surface area contributed by atoms with Gasteiger partial charge in [0, 0.05) is 32.7 Å². The summed E-state index contributed by atoms with van der Waals surface area (Å²) in [6.45, 7) is 3.56. The number of hydrogen-bond acceptors (Lipinski definition) is 7. The van der Waals surface area contributed by atoms with Gasteiger partial charge in [0.2, 0.25) is 15.9 Å². The van der Waals surface area contributed by atoms with Gasteiger partial charge in [0.1, 0.15) is 29.1 Å². The van der Waals surface area contributed by atoms with E-state index in [-0.39, 0.29) is 48.8 Å². The van der Waals surface area contributed by atoms with Crippen LogP contribution in [0.3, 0.4) is 0 Å². The average Bonchev–Trinajstić information content (AvgIpc) is 2.85. The molecule has 0 radical (unpaired) electrons. The Bertz CT molecular complexity index is 1120.